The second-order valence-corrected chi connectivity index (χ2v) is 7.94. The van der Waals surface area contributed by atoms with Crippen molar-refractivity contribution in [2.75, 3.05) is 18.7 Å². The number of nitrogens with zero attached hydrogens (tertiary/aromatic N) is 1. The van der Waals surface area contributed by atoms with Crippen LogP contribution in [0.15, 0.2) is 36.4 Å². The molecule has 4 rings (SSSR count). The molecule has 1 saturated heterocycles. The fourth-order valence-electron chi connectivity index (χ4n) is 3.86. The van der Waals surface area contributed by atoms with Gasteiger partial charge in [0.05, 0.1) is 0 Å². The van der Waals surface area contributed by atoms with E-state index in [-0.39, 0.29) is 19.8 Å². The number of ether oxygens (including phenoxy) is 2. The summed E-state index contributed by atoms with van der Waals surface area (Å²) in [6.07, 6.45) is 0.267. The summed E-state index contributed by atoms with van der Waals surface area (Å²) in [4.78, 5) is 38.8. The maximum absolute atomic E-state index is 13.0. The summed E-state index contributed by atoms with van der Waals surface area (Å²) in [5.74, 6) is 0.379. The minimum Gasteiger partial charge on any atom is -0.454 e. The number of carbonyl (C=O) groups excluding carboxylic acids is 3. The van der Waals surface area contributed by atoms with Crippen LogP contribution in [0.5, 0.6) is 11.5 Å². The zero-order chi connectivity index (χ0) is 21.5. The predicted molar refractivity (Wildman–Crippen MR) is 109 cm³/mol. The first-order chi connectivity index (χ1) is 14.2. The molecule has 0 bridgehead atoms. The second kappa shape index (κ2) is 7.37. The van der Waals surface area contributed by atoms with E-state index in [4.69, 9.17) is 9.47 Å². The van der Waals surface area contributed by atoms with Crippen LogP contribution in [0.1, 0.15) is 23.6 Å². The summed E-state index contributed by atoms with van der Waals surface area (Å²) < 4.78 is 10.7. The van der Waals surface area contributed by atoms with Crippen molar-refractivity contribution in [3.05, 3.63) is 53.1 Å². The molecule has 2 aromatic rings. The quantitative estimate of drug-likeness (QED) is 0.740. The smallest absolute Gasteiger partial charge is 0.325 e. The van der Waals surface area contributed by atoms with Crippen LogP contribution >= 0.6 is 0 Å². The standard InChI is InChI=1S/C22H23N3O5/c1-13-6-14(2)8-16(7-13)23-19(26)11-25-20(27)22(3,24-21(25)28)10-15-4-5-17-18(9-15)30-12-29-17/h4-9H,10-12H2,1-3H3,(H,23,26)(H,24,28)/t22-/m1/s1. The second-order valence-electron chi connectivity index (χ2n) is 7.94. The number of hydrogen-bond donors (Lipinski definition) is 2. The first-order valence-corrected chi connectivity index (χ1v) is 9.64. The van der Waals surface area contributed by atoms with Gasteiger partial charge in [0.25, 0.3) is 5.91 Å². The molecule has 0 saturated carbocycles. The average molecular weight is 409 g/mol. The average Bonchev–Trinajstić information content (AvgIpc) is 3.19. The molecular weight excluding hydrogens is 386 g/mol. The lowest BCUT2D eigenvalue weighted by molar-refractivity contribution is -0.133. The van der Waals surface area contributed by atoms with E-state index in [0.717, 1.165) is 21.6 Å². The number of rotatable bonds is 5. The number of imide groups is 1. The fraction of sp³-hybridized carbons (Fsp3) is 0.318. The van der Waals surface area contributed by atoms with Crippen LogP contribution < -0.4 is 20.1 Å². The first kappa shape index (κ1) is 19.8. The van der Waals surface area contributed by atoms with Crippen molar-refractivity contribution < 1.29 is 23.9 Å². The molecule has 0 unspecified atom stereocenters. The minimum absolute atomic E-state index is 0.162. The minimum atomic E-state index is -1.15. The summed E-state index contributed by atoms with van der Waals surface area (Å²) in [5, 5.41) is 5.47. The van der Waals surface area contributed by atoms with Gasteiger partial charge >= 0.3 is 6.03 Å². The molecule has 0 radical (unpaired) electrons. The zero-order valence-corrected chi connectivity index (χ0v) is 17.1. The molecule has 8 nitrogen and oxygen atoms in total. The third kappa shape index (κ3) is 3.80. The lowest BCUT2D eigenvalue weighted by Gasteiger charge is -2.22. The highest BCUT2D eigenvalue weighted by atomic mass is 16.7. The molecule has 1 fully saturated rings. The maximum Gasteiger partial charge on any atom is 0.325 e. The van der Waals surface area contributed by atoms with Gasteiger partial charge < -0.3 is 20.1 Å². The predicted octanol–water partition coefficient (Wildman–Crippen LogP) is 2.52. The number of nitrogens with one attached hydrogen (secondary N) is 2. The third-order valence-electron chi connectivity index (χ3n) is 5.15. The molecule has 0 spiro atoms. The van der Waals surface area contributed by atoms with Gasteiger partial charge in [0.2, 0.25) is 12.7 Å². The molecule has 0 aliphatic carbocycles. The molecule has 4 amide bonds. The highest BCUT2D eigenvalue weighted by molar-refractivity contribution is 6.10. The van der Waals surface area contributed by atoms with Crippen LogP contribution in [0.2, 0.25) is 0 Å². The van der Waals surface area contributed by atoms with Crippen molar-refractivity contribution >= 4 is 23.5 Å². The number of hydrogen-bond acceptors (Lipinski definition) is 5. The van der Waals surface area contributed by atoms with Crippen molar-refractivity contribution in [2.45, 2.75) is 32.7 Å². The summed E-state index contributed by atoms with van der Waals surface area (Å²) in [7, 11) is 0. The molecule has 8 heteroatoms. The van der Waals surface area contributed by atoms with Gasteiger partial charge in [-0.3, -0.25) is 14.5 Å². The fourth-order valence-corrected chi connectivity index (χ4v) is 3.86. The van der Waals surface area contributed by atoms with E-state index in [0.29, 0.717) is 17.2 Å². The number of urea groups is 1. The molecule has 1 atom stereocenters. The Kier molecular flexibility index (Phi) is 4.85. The van der Waals surface area contributed by atoms with E-state index < -0.39 is 23.4 Å². The van der Waals surface area contributed by atoms with E-state index in [9.17, 15) is 14.4 Å². The number of carbonyl (C=O) groups is 3. The molecule has 2 aliphatic heterocycles. The van der Waals surface area contributed by atoms with Crippen molar-refractivity contribution in [2.24, 2.45) is 0 Å². The van der Waals surface area contributed by atoms with E-state index in [2.05, 4.69) is 10.6 Å². The number of benzene rings is 2. The van der Waals surface area contributed by atoms with Gasteiger partial charge in [0, 0.05) is 12.1 Å². The number of amides is 4. The highest BCUT2D eigenvalue weighted by Gasteiger charge is 2.48. The van der Waals surface area contributed by atoms with Crippen molar-refractivity contribution in [1.29, 1.82) is 0 Å². The van der Waals surface area contributed by atoms with Crippen LogP contribution in [0.3, 0.4) is 0 Å². The summed E-state index contributed by atoms with van der Waals surface area (Å²) >= 11 is 0. The molecule has 30 heavy (non-hydrogen) atoms. The monoisotopic (exact) mass is 409 g/mol. The molecule has 2 N–H and O–H groups in total. The van der Waals surface area contributed by atoms with Gasteiger partial charge in [0.1, 0.15) is 12.1 Å². The van der Waals surface area contributed by atoms with Gasteiger partial charge in [-0.25, -0.2) is 4.79 Å². The summed E-state index contributed by atoms with van der Waals surface area (Å²) in [6.45, 7) is 5.33. The summed E-state index contributed by atoms with van der Waals surface area (Å²) in [5.41, 5.74) is 2.32. The Labute approximate surface area is 174 Å². The Balaban J connectivity index is 1.44. The zero-order valence-electron chi connectivity index (χ0n) is 17.1. The number of anilines is 1. The topological polar surface area (TPSA) is 97.0 Å². The lowest BCUT2D eigenvalue weighted by Crippen LogP contribution is -2.46. The van der Waals surface area contributed by atoms with Crippen molar-refractivity contribution in [3.8, 4) is 11.5 Å². The van der Waals surface area contributed by atoms with E-state index in [1.54, 1.807) is 19.1 Å². The highest BCUT2D eigenvalue weighted by Crippen LogP contribution is 2.34. The third-order valence-corrected chi connectivity index (χ3v) is 5.15. The largest absolute Gasteiger partial charge is 0.454 e. The van der Waals surface area contributed by atoms with E-state index in [1.807, 2.05) is 38.1 Å². The molecule has 156 valence electrons. The van der Waals surface area contributed by atoms with Gasteiger partial charge in [-0.05, 0) is 61.7 Å². The van der Waals surface area contributed by atoms with Gasteiger partial charge in [-0.1, -0.05) is 12.1 Å². The first-order valence-electron chi connectivity index (χ1n) is 9.64. The molecule has 2 aromatic carbocycles. The van der Waals surface area contributed by atoms with Crippen LogP contribution in [0.25, 0.3) is 0 Å². The van der Waals surface area contributed by atoms with Gasteiger partial charge in [-0.15, -0.1) is 0 Å². The Morgan fingerprint density at radius 1 is 1.10 bits per heavy atom. The number of fused-ring (bicyclic) bond motifs is 1. The summed E-state index contributed by atoms with van der Waals surface area (Å²) in [6, 6.07) is 10.5. The Morgan fingerprint density at radius 2 is 1.80 bits per heavy atom. The maximum atomic E-state index is 13.0. The van der Waals surface area contributed by atoms with Crippen LogP contribution in [-0.2, 0) is 16.0 Å². The molecule has 2 heterocycles. The lowest BCUT2D eigenvalue weighted by atomic mass is 9.92. The molecule has 2 aliphatic rings. The molecule has 0 aromatic heterocycles. The Hall–Kier alpha value is -3.55. The number of aryl methyl sites for hydroxylation is 2. The normalized spacial score (nSPS) is 19.8. The SMILES string of the molecule is Cc1cc(C)cc(NC(=O)CN2C(=O)N[C@](C)(Cc3ccc4c(c3)OCO4)C2=O)c1. The Bertz CT molecular complexity index is 1030. The van der Waals surface area contributed by atoms with Crippen LogP contribution in [0, 0.1) is 13.8 Å². The van der Waals surface area contributed by atoms with Gasteiger partial charge in [-0.2, -0.15) is 0 Å². The van der Waals surface area contributed by atoms with Crippen LogP contribution in [0.4, 0.5) is 10.5 Å². The van der Waals surface area contributed by atoms with Crippen molar-refractivity contribution in [1.82, 2.24) is 10.2 Å². The molecular formula is C22H23N3O5. The van der Waals surface area contributed by atoms with E-state index in [1.165, 1.54) is 0 Å². The van der Waals surface area contributed by atoms with Gasteiger partial charge in [0.15, 0.2) is 11.5 Å². The Morgan fingerprint density at radius 3 is 2.53 bits per heavy atom. The van der Waals surface area contributed by atoms with Crippen LogP contribution in [-0.4, -0.2) is 41.6 Å². The van der Waals surface area contributed by atoms with E-state index >= 15 is 0 Å². The van der Waals surface area contributed by atoms with Crippen molar-refractivity contribution in [3.63, 3.8) is 0 Å².